The number of nitrogens with zero attached hydrogens (tertiary/aromatic N) is 3. The van der Waals surface area contributed by atoms with Crippen molar-refractivity contribution >= 4 is 17.6 Å². The van der Waals surface area contributed by atoms with E-state index in [4.69, 9.17) is 0 Å². The smallest absolute Gasteiger partial charge is 0.251 e. The van der Waals surface area contributed by atoms with Crippen LogP contribution in [0.1, 0.15) is 31.7 Å². The zero-order chi connectivity index (χ0) is 15.2. The summed E-state index contributed by atoms with van der Waals surface area (Å²) >= 11 is 1.35. The van der Waals surface area contributed by atoms with Crippen molar-refractivity contribution in [1.82, 2.24) is 19.9 Å². The van der Waals surface area contributed by atoms with Gasteiger partial charge in [0.1, 0.15) is 16.7 Å². The van der Waals surface area contributed by atoms with Gasteiger partial charge in [0.25, 0.3) is 5.56 Å². The third-order valence-corrected chi connectivity index (χ3v) is 3.84. The lowest BCUT2D eigenvalue weighted by Crippen LogP contribution is -2.09. The zero-order valence-electron chi connectivity index (χ0n) is 12.4. The molecule has 0 aromatic carbocycles. The second-order valence-electron chi connectivity index (χ2n) is 4.54. The molecule has 0 radical (unpaired) electrons. The normalized spacial score (nSPS) is 10.6. The van der Waals surface area contributed by atoms with Gasteiger partial charge in [0, 0.05) is 30.8 Å². The molecule has 2 N–H and O–H groups in total. The molecule has 0 saturated heterocycles. The minimum absolute atomic E-state index is 0.167. The van der Waals surface area contributed by atoms with E-state index in [9.17, 15) is 4.79 Å². The first-order valence-electron chi connectivity index (χ1n) is 6.98. The molecule has 6 nitrogen and oxygen atoms in total. The van der Waals surface area contributed by atoms with Gasteiger partial charge >= 0.3 is 0 Å². The van der Waals surface area contributed by atoms with Gasteiger partial charge in [0.15, 0.2) is 5.16 Å². The van der Waals surface area contributed by atoms with Gasteiger partial charge < -0.3 is 10.3 Å². The lowest BCUT2D eigenvalue weighted by atomic mass is 10.3. The van der Waals surface area contributed by atoms with Gasteiger partial charge in [-0.25, -0.2) is 15.0 Å². The maximum atomic E-state index is 11.3. The maximum absolute atomic E-state index is 11.3. The van der Waals surface area contributed by atoms with Crippen LogP contribution in [0.15, 0.2) is 27.2 Å². The van der Waals surface area contributed by atoms with E-state index in [0.717, 1.165) is 41.6 Å². The van der Waals surface area contributed by atoms with E-state index in [-0.39, 0.29) is 5.56 Å². The first kappa shape index (κ1) is 15.5. The second kappa shape index (κ2) is 7.21. The third kappa shape index (κ3) is 4.04. The summed E-state index contributed by atoms with van der Waals surface area (Å²) in [6.07, 6.45) is 3.28. The molecular formula is C14H19N5OS. The standard InChI is InChI=1S/C14H19N5OS/c1-4-7-15-12-9(3)13(18-10(5-2)17-12)21-14-16-8-6-11(20)19-14/h6,8H,4-5,7H2,1-3H3,(H,15,17,18)(H,16,19,20). The van der Waals surface area contributed by atoms with Crippen LogP contribution in [0.2, 0.25) is 0 Å². The van der Waals surface area contributed by atoms with Crippen LogP contribution in [0.25, 0.3) is 0 Å². The van der Waals surface area contributed by atoms with E-state index in [1.807, 2.05) is 13.8 Å². The van der Waals surface area contributed by atoms with Crippen LogP contribution >= 0.6 is 11.8 Å². The Morgan fingerprint density at radius 2 is 2.14 bits per heavy atom. The predicted octanol–water partition coefficient (Wildman–Crippen LogP) is 2.40. The number of aromatic amines is 1. The van der Waals surface area contributed by atoms with Crippen LogP contribution in [0, 0.1) is 6.92 Å². The first-order chi connectivity index (χ1) is 10.1. The first-order valence-corrected chi connectivity index (χ1v) is 7.80. The average Bonchev–Trinajstić information content (AvgIpc) is 2.48. The van der Waals surface area contributed by atoms with Crippen molar-refractivity contribution in [2.24, 2.45) is 0 Å². The van der Waals surface area contributed by atoms with Gasteiger partial charge in [-0.3, -0.25) is 4.79 Å². The molecule has 2 aromatic rings. The van der Waals surface area contributed by atoms with Crippen LogP contribution in [0.4, 0.5) is 5.82 Å². The second-order valence-corrected chi connectivity index (χ2v) is 5.52. The highest BCUT2D eigenvalue weighted by molar-refractivity contribution is 7.99. The van der Waals surface area contributed by atoms with E-state index < -0.39 is 0 Å². The quantitative estimate of drug-likeness (QED) is 0.630. The van der Waals surface area contributed by atoms with Gasteiger partial charge in [-0.15, -0.1) is 0 Å². The number of hydrogen-bond acceptors (Lipinski definition) is 6. The predicted molar refractivity (Wildman–Crippen MR) is 83.9 cm³/mol. The van der Waals surface area contributed by atoms with Crippen LogP contribution in [0.3, 0.4) is 0 Å². The summed E-state index contributed by atoms with van der Waals surface area (Å²) in [6, 6.07) is 1.39. The fourth-order valence-corrected chi connectivity index (χ4v) is 2.56. The Bertz CT molecular complexity index is 671. The Hall–Kier alpha value is -1.89. The molecule has 0 aliphatic heterocycles. The molecule has 0 bridgehead atoms. The van der Waals surface area contributed by atoms with Gasteiger partial charge in [-0.05, 0) is 25.1 Å². The van der Waals surface area contributed by atoms with Crippen molar-refractivity contribution in [2.75, 3.05) is 11.9 Å². The summed E-state index contributed by atoms with van der Waals surface area (Å²) in [7, 11) is 0. The Kier molecular flexibility index (Phi) is 5.32. The van der Waals surface area contributed by atoms with Crippen LogP contribution in [0.5, 0.6) is 0 Å². The van der Waals surface area contributed by atoms with Crippen molar-refractivity contribution in [3.63, 3.8) is 0 Å². The molecule has 0 atom stereocenters. The number of hydrogen-bond donors (Lipinski definition) is 2. The SMILES string of the molecule is CCCNc1nc(CC)nc(Sc2nccc(=O)[nH]2)c1C. The molecule has 0 saturated carbocycles. The van der Waals surface area contributed by atoms with E-state index >= 15 is 0 Å². The van der Waals surface area contributed by atoms with Crippen molar-refractivity contribution in [3.8, 4) is 0 Å². The van der Waals surface area contributed by atoms with Crippen molar-refractivity contribution in [1.29, 1.82) is 0 Å². The highest BCUT2D eigenvalue weighted by Gasteiger charge is 2.12. The molecular weight excluding hydrogens is 286 g/mol. The summed E-state index contributed by atoms with van der Waals surface area (Å²) < 4.78 is 0. The summed E-state index contributed by atoms with van der Waals surface area (Å²) in [5.74, 6) is 1.63. The number of nitrogens with one attached hydrogen (secondary N) is 2. The lowest BCUT2D eigenvalue weighted by Gasteiger charge is -2.12. The molecule has 2 rings (SSSR count). The minimum atomic E-state index is -0.167. The monoisotopic (exact) mass is 305 g/mol. The summed E-state index contributed by atoms with van der Waals surface area (Å²) in [5, 5.41) is 4.67. The lowest BCUT2D eigenvalue weighted by molar-refractivity contribution is 0.855. The Labute approximate surface area is 127 Å². The number of aryl methyl sites for hydroxylation is 1. The molecule has 0 unspecified atom stereocenters. The van der Waals surface area contributed by atoms with Crippen LogP contribution in [-0.4, -0.2) is 26.5 Å². The molecule has 0 spiro atoms. The largest absolute Gasteiger partial charge is 0.370 e. The summed E-state index contributed by atoms with van der Waals surface area (Å²) in [5.41, 5.74) is 0.802. The van der Waals surface area contributed by atoms with Crippen molar-refractivity contribution in [3.05, 3.63) is 34.0 Å². The van der Waals surface area contributed by atoms with Gasteiger partial charge in [0.05, 0.1) is 0 Å². The van der Waals surface area contributed by atoms with Crippen molar-refractivity contribution in [2.45, 2.75) is 43.8 Å². The average molecular weight is 305 g/mol. The Morgan fingerprint density at radius 1 is 1.33 bits per heavy atom. The maximum Gasteiger partial charge on any atom is 0.251 e. The molecule has 0 fully saturated rings. The van der Waals surface area contributed by atoms with Crippen LogP contribution < -0.4 is 10.9 Å². The zero-order valence-corrected chi connectivity index (χ0v) is 13.3. The number of rotatable bonds is 6. The summed E-state index contributed by atoms with van der Waals surface area (Å²) in [4.78, 5) is 27.2. The topological polar surface area (TPSA) is 83.6 Å². The molecule has 0 amide bonds. The molecule has 2 heterocycles. The van der Waals surface area contributed by atoms with Gasteiger partial charge in [-0.1, -0.05) is 13.8 Å². The highest BCUT2D eigenvalue weighted by Crippen LogP contribution is 2.28. The highest BCUT2D eigenvalue weighted by atomic mass is 32.2. The Morgan fingerprint density at radius 3 is 2.81 bits per heavy atom. The van der Waals surface area contributed by atoms with E-state index in [0.29, 0.717) is 5.16 Å². The molecule has 0 aliphatic carbocycles. The number of aromatic nitrogens is 4. The van der Waals surface area contributed by atoms with Crippen molar-refractivity contribution < 1.29 is 0 Å². The van der Waals surface area contributed by atoms with Gasteiger partial charge in [0.2, 0.25) is 0 Å². The fraction of sp³-hybridized carbons (Fsp3) is 0.429. The molecule has 21 heavy (non-hydrogen) atoms. The molecule has 2 aromatic heterocycles. The summed E-state index contributed by atoms with van der Waals surface area (Å²) in [6.45, 7) is 6.97. The molecule has 112 valence electrons. The van der Waals surface area contributed by atoms with Gasteiger partial charge in [-0.2, -0.15) is 0 Å². The molecule has 0 aliphatic rings. The third-order valence-electron chi connectivity index (χ3n) is 2.85. The minimum Gasteiger partial charge on any atom is -0.370 e. The van der Waals surface area contributed by atoms with Crippen LogP contribution in [-0.2, 0) is 6.42 Å². The molecule has 7 heteroatoms. The van der Waals surface area contributed by atoms with E-state index in [1.54, 1.807) is 0 Å². The number of H-pyrrole nitrogens is 1. The number of anilines is 1. The van der Waals surface area contributed by atoms with E-state index in [2.05, 4.69) is 32.2 Å². The fourth-order valence-electron chi connectivity index (χ4n) is 1.71. The Balaban J connectivity index is 2.35. The van der Waals surface area contributed by atoms with E-state index in [1.165, 1.54) is 24.0 Å².